The second-order valence-electron chi connectivity index (χ2n) is 8.54. The fourth-order valence-electron chi connectivity index (χ4n) is 3.88. The van der Waals surface area contributed by atoms with Crippen LogP contribution in [-0.2, 0) is 9.53 Å². The van der Waals surface area contributed by atoms with Gasteiger partial charge in [-0.3, -0.25) is 4.79 Å². The number of benzene rings is 1. The van der Waals surface area contributed by atoms with E-state index in [1.54, 1.807) is 6.92 Å². The molecule has 5 heteroatoms. The van der Waals surface area contributed by atoms with Gasteiger partial charge in [0, 0.05) is 12.5 Å². The van der Waals surface area contributed by atoms with Crippen molar-refractivity contribution in [2.45, 2.75) is 77.4 Å². The van der Waals surface area contributed by atoms with Gasteiger partial charge in [0.2, 0.25) is 0 Å². The molecule has 2 N–H and O–H groups in total. The minimum absolute atomic E-state index is 0.0838. The number of aliphatic hydroxyl groups is 1. The lowest BCUT2D eigenvalue weighted by Gasteiger charge is -2.23. The highest BCUT2D eigenvalue weighted by Crippen LogP contribution is 2.38. The van der Waals surface area contributed by atoms with Crippen molar-refractivity contribution in [3.8, 4) is 0 Å². The first-order chi connectivity index (χ1) is 12.7. The van der Waals surface area contributed by atoms with Gasteiger partial charge in [0.05, 0.1) is 6.10 Å². The van der Waals surface area contributed by atoms with Gasteiger partial charge in [-0.1, -0.05) is 37.1 Å². The van der Waals surface area contributed by atoms with Crippen molar-refractivity contribution in [1.29, 1.82) is 0 Å². The number of Topliss-reactive ketones (excluding diaryl/α,β-unsaturated/α-hetero) is 1. The van der Waals surface area contributed by atoms with E-state index in [2.05, 4.69) is 5.32 Å². The first kappa shape index (κ1) is 21.4. The van der Waals surface area contributed by atoms with Crippen LogP contribution >= 0.6 is 0 Å². The fourth-order valence-corrected chi connectivity index (χ4v) is 3.88. The highest BCUT2D eigenvalue weighted by molar-refractivity contribution is 5.83. The topological polar surface area (TPSA) is 75.6 Å². The highest BCUT2D eigenvalue weighted by Gasteiger charge is 2.30. The maximum absolute atomic E-state index is 12.2. The van der Waals surface area contributed by atoms with E-state index in [1.165, 1.54) is 12.8 Å². The van der Waals surface area contributed by atoms with Gasteiger partial charge in [0.1, 0.15) is 11.4 Å². The molecule has 1 aliphatic rings. The molecule has 0 spiro atoms. The number of rotatable bonds is 7. The molecule has 27 heavy (non-hydrogen) atoms. The maximum Gasteiger partial charge on any atom is 0.407 e. The number of carbonyl (C=O) groups is 2. The molecule has 1 aromatic carbocycles. The summed E-state index contributed by atoms with van der Waals surface area (Å²) in [4.78, 5) is 23.9. The summed E-state index contributed by atoms with van der Waals surface area (Å²) in [6.07, 6.45) is 3.77. The lowest BCUT2D eigenvalue weighted by atomic mass is 9.81. The molecule has 2 unspecified atom stereocenters. The van der Waals surface area contributed by atoms with E-state index in [9.17, 15) is 14.7 Å². The number of nitrogens with one attached hydrogen (secondary N) is 1. The van der Waals surface area contributed by atoms with E-state index in [0.717, 1.165) is 24.0 Å². The van der Waals surface area contributed by atoms with Gasteiger partial charge in [0.25, 0.3) is 0 Å². The first-order valence-corrected chi connectivity index (χ1v) is 9.92. The molecule has 1 aromatic rings. The van der Waals surface area contributed by atoms with E-state index < -0.39 is 17.8 Å². The molecule has 5 nitrogen and oxygen atoms in total. The highest BCUT2D eigenvalue weighted by atomic mass is 16.6. The molecular formula is C22H33NO4. The van der Waals surface area contributed by atoms with Crippen molar-refractivity contribution < 1.29 is 19.4 Å². The molecule has 2 rings (SSSR count). The van der Waals surface area contributed by atoms with Crippen LogP contribution in [0.2, 0.25) is 0 Å². The van der Waals surface area contributed by atoms with Crippen molar-refractivity contribution in [1.82, 2.24) is 5.32 Å². The standard InChI is InChI=1S/C22H33NO4/c1-15(24)20(16-8-5-6-9-16)18-11-7-10-17(14-18)19(25)12-13-23-21(26)27-22(2,3)4/h7,10-11,14,16,19-20,25H,5-6,8-9,12-13H2,1-4H3,(H,23,26). The number of hydrogen-bond donors (Lipinski definition) is 2. The predicted molar refractivity (Wildman–Crippen MR) is 106 cm³/mol. The van der Waals surface area contributed by atoms with Gasteiger partial charge < -0.3 is 15.2 Å². The zero-order valence-corrected chi connectivity index (χ0v) is 17.0. The summed E-state index contributed by atoms with van der Waals surface area (Å²) < 4.78 is 5.19. The summed E-state index contributed by atoms with van der Waals surface area (Å²) in [5, 5.41) is 13.2. The molecule has 0 aromatic heterocycles. The maximum atomic E-state index is 12.2. The molecule has 1 fully saturated rings. The van der Waals surface area contributed by atoms with Crippen LogP contribution in [-0.4, -0.2) is 29.1 Å². The molecule has 1 amide bonds. The van der Waals surface area contributed by atoms with Gasteiger partial charge in [-0.15, -0.1) is 0 Å². The molecule has 0 heterocycles. The zero-order chi connectivity index (χ0) is 20.0. The number of amides is 1. The smallest absolute Gasteiger partial charge is 0.407 e. The SMILES string of the molecule is CC(=O)C(c1cccc(C(O)CCNC(=O)OC(C)(C)C)c1)C1CCCC1. The van der Waals surface area contributed by atoms with E-state index in [1.807, 2.05) is 45.0 Å². The summed E-state index contributed by atoms with van der Waals surface area (Å²) in [5.74, 6) is 0.517. The van der Waals surface area contributed by atoms with E-state index in [4.69, 9.17) is 4.74 Å². The minimum atomic E-state index is -0.698. The lowest BCUT2D eigenvalue weighted by Crippen LogP contribution is -2.33. The Bertz CT molecular complexity index is 644. The van der Waals surface area contributed by atoms with Crippen LogP contribution in [0.3, 0.4) is 0 Å². The van der Waals surface area contributed by atoms with Crippen molar-refractivity contribution in [2.75, 3.05) is 6.54 Å². The molecule has 0 radical (unpaired) electrons. The van der Waals surface area contributed by atoms with Gasteiger partial charge in [-0.2, -0.15) is 0 Å². The van der Waals surface area contributed by atoms with Crippen LogP contribution in [0.25, 0.3) is 0 Å². The Balaban J connectivity index is 1.97. The summed E-state index contributed by atoms with van der Waals surface area (Å²) in [7, 11) is 0. The van der Waals surface area contributed by atoms with Crippen LogP contribution in [0.1, 0.15) is 82.9 Å². The Morgan fingerprint density at radius 1 is 1.22 bits per heavy atom. The number of ether oxygens (including phenoxy) is 1. The molecule has 0 aliphatic heterocycles. The monoisotopic (exact) mass is 375 g/mol. The van der Waals surface area contributed by atoms with Crippen molar-refractivity contribution in [2.24, 2.45) is 5.92 Å². The number of ketones is 1. The number of hydrogen-bond acceptors (Lipinski definition) is 4. The Labute approximate surface area is 162 Å². The van der Waals surface area contributed by atoms with Crippen molar-refractivity contribution >= 4 is 11.9 Å². The molecular weight excluding hydrogens is 342 g/mol. The van der Waals surface area contributed by atoms with Crippen LogP contribution in [0.5, 0.6) is 0 Å². The van der Waals surface area contributed by atoms with E-state index >= 15 is 0 Å². The third-order valence-electron chi connectivity index (χ3n) is 5.05. The largest absolute Gasteiger partial charge is 0.444 e. The van der Waals surface area contributed by atoms with Crippen LogP contribution in [0.4, 0.5) is 4.79 Å². The van der Waals surface area contributed by atoms with Crippen LogP contribution < -0.4 is 5.32 Å². The Kier molecular flexibility index (Phi) is 7.42. The van der Waals surface area contributed by atoms with Gasteiger partial charge in [0.15, 0.2) is 0 Å². The summed E-state index contributed by atoms with van der Waals surface area (Å²) in [5.41, 5.74) is 1.23. The Morgan fingerprint density at radius 3 is 2.44 bits per heavy atom. The average molecular weight is 376 g/mol. The van der Waals surface area contributed by atoms with Gasteiger partial charge in [-0.25, -0.2) is 4.79 Å². The summed E-state index contributed by atoms with van der Waals surface area (Å²) in [6.45, 7) is 7.41. The van der Waals surface area contributed by atoms with Crippen LogP contribution in [0, 0.1) is 5.92 Å². The third kappa shape index (κ3) is 6.65. The molecule has 2 atom stereocenters. The Morgan fingerprint density at radius 2 is 1.85 bits per heavy atom. The molecule has 1 aliphatic carbocycles. The first-order valence-electron chi connectivity index (χ1n) is 9.92. The van der Waals surface area contributed by atoms with Gasteiger partial charge >= 0.3 is 6.09 Å². The van der Waals surface area contributed by atoms with Crippen molar-refractivity contribution in [3.63, 3.8) is 0 Å². The zero-order valence-electron chi connectivity index (χ0n) is 17.0. The fraction of sp³-hybridized carbons (Fsp3) is 0.636. The van der Waals surface area contributed by atoms with Crippen molar-refractivity contribution in [3.05, 3.63) is 35.4 Å². The molecule has 0 bridgehead atoms. The normalized spacial score (nSPS) is 17.4. The number of carbonyl (C=O) groups excluding carboxylic acids is 2. The average Bonchev–Trinajstić information content (AvgIpc) is 3.07. The molecule has 150 valence electrons. The predicted octanol–water partition coefficient (Wildman–Crippen LogP) is 4.50. The lowest BCUT2D eigenvalue weighted by molar-refractivity contribution is -0.119. The minimum Gasteiger partial charge on any atom is -0.444 e. The summed E-state index contributed by atoms with van der Waals surface area (Å²) in [6, 6.07) is 7.70. The second kappa shape index (κ2) is 9.36. The quantitative estimate of drug-likeness (QED) is 0.736. The van der Waals surface area contributed by atoms with Gasteiger partial charge in [-0.05, 0) is 64.0 Å². The molecule has 0 saturated heterocycles. The number of alkyl carbamates (subject to hydrolysis) is 1. The second-order valence-corrected chi connectivity index (χ2v) is 8.54. The third-order valence-corrected chi connectivity index (χ3v) is 5.05. The van der Waals surface area contributed by atoms with Crippen LogP contribution in [0.15, 0.2) is 24.3 Å². The van der Waals surface area contributed by atoms with E-state index in [0.29, 0.717) is 18.9 Å². The Hall–Kier alpha value is -1.88. The van der Waals surface area contributed by atoms with E-state index in [-0.39, 0.29) is 11.7 Å². The summed E-state index contributed by atoms with van der Waals surface area (Å²) >= 11 is 0. The molecule has 1 saturated carbocycles. The number of aliphatic hydroxyl groups excluding tert-OH is 1.